The van der Waals surface area contributed by atoms with Crippen molar-refractivity contribution in [2.45, 2.75) is 0 Å². The predicted octanol–water partition coefficient (Wildman–Crippen LogP) is 0.414. The standard InChI is InChI=1S/C3H6NO2P/c4-6-2-1-3-7-5/h1-2H,3-4H2/p+1. The fourth-order valence-corrected chi connectivity index (χ4v) is 0.344. The molecule has 40 valence electrons. The van der Waals surface area contributed by atoms with Gasteiger partial charge in [-0.05, 0) is 0 Å². The summed E-state index contributed by atoms with van der Waals surface area (Å²) in [5.41, 5.74) is 0. The first-order chi connectivity index (χ1) is 3.41. The third kappa shape index (κ3) is 5.60. The second-order valence-electron chi connectivity index (χ2n) is 0.856. The van der Waals surface area contributed by atoms with Crippen LogP contribution in [0.4, 0.5) is 0 Å². The van der Waals surface area contributed by atoms with Gasteiger partial charge < -0.3 is 4.84 Å². The Labute approximate surface area is 43.3 Å². The van der Waals surface area contributed by atoms with Crippen molar-refractivity contribution in [1.29, 1.82) is 0 Å². The molecule has 0 saturated heterocycles. The van der Waals surface area contributed by atoms with Gasteiger partial charge in [0.2, 0.25) is 0 Å². The van der Waals surface area contributed by atoms with E-state index in [1.807, 2.05) is 0 Å². The van der Waals surface area contributed by atoms with Crippen LogP contribution in [0, 0.1) is 0 Å². The summed E-state index contributed by atoms with van der Waals surface area (Å²) in [6.07, 6.45) is 3.40. The second kappa shape index (κ2) is 5.60. The average Bonchev–Trinajstić information content (AvgIpc) is 1.69. The zero-order valence-electron chi connectivity index (χ0n) is 3.76. The van der Waals surface area contributed by atoms with Crippen molar-refractivity contribution in [3.05, 3.63) is 12.3 Å². The van der Waals surface area contributed by atoms with Crippen molar-refractivity contribution < 1.29 is 9.40 Å². The molecule has 0 fully saturated rings. The molecule has 0 aromatic rings. The van der Waals surface area contributed by atoms with Crippen molar-refractivity contribution in [1.82, 2.24) is 0 Å². The number of hydrogen-bond donors (Lipinski definition) is 1. The zero-order valence-corrected chi connectivity index (χ0v) is 4.76. The van der Waals surface area contributed by atoms with Crippen LogP contribution in [0.5, 0.6) is 0 Å². The molecule has 1 unspecified atom stereocenters. The molecule has 0 aliphatic rings. The molecule has 0 heterocycles. The third-order valence-electron chi connectivity index (χ3n) is 0.376. The quantitative estimate of drug-likeness (QED) is 0.333. The molecule has 0 aromatic carbocycles. The topological polar surface area (TPSA) is 52.3 Å². The summed E-state index contributed by atoms with van der Waals surface area (Å²) < 4.78 is 9.68. The Hall–Kier alpha value is -0.400. The van der Waals surface area contributed by atoms with Gasteiger partial charge in [-0.3, -0.25) is 0 Å². The lowest BCUT2D eigenvalue weighted by Crippen LogP contribution is -1.87. The van der Waals surface area contributed by atoms with Gasteiger partial charge in [0.15, 0.2) is 6.16 Å². The van der Waals surface area contributed by atoms with Crippen LogP contribution in [-0.2, 0) is 9.40 Å². The normalized spacial score (nSPS) is 10.4. The average molecular weight is 120 g/mol. The van der Waals surface area contributed by atoms with E-state index in [1.54, 1.807) is 6.08 Å². The van der Waals surface area contributed by atoms with E-state index in [0.29, 0.717) is 6.16 Å². The molecule has 0 radical (unpaired) electrons. The van der Waals surface area contributed by atoms with Gasteiger partial charge in [0.25, 0.3) is 0 Å². The van der Waals surface area contributed by atoms with E-state index in [4.69, 9.17) is 0 Å². The van der Waals surface area contributed by atoms with E-state index in [-0.39, 0.29) is 8.46 Å². The maximum atomic E-state index is 9.68. The number of allylic oxidation sites excluding steroid dienone is 1. The Morgan fingerprint density at radius 1 is 1.86 bits per heavy atom. The lowest BCUT2D eigenvalue weighted by Gasteiger charge is -1.76. The van der Waals surface area contributed by atoms with Crippen molar-refractivity contribution in [3.63, 3.8) is 0 Å². The molecule has 4 heteroatoms. The Morgan fingerprint density at radius 3 is 3.00 bits per heavy atom. The molecular weight excluding hydrogens is 113 g/mol. The minimum atomic E-state index is -0.305. The molecule has 0 aliphatic heterocycles. The van der Waals surface area contributed by atoms with E-state index in [1.165, 1.54) is 6.26 Å². The van der Waals surface area contributed by atoms with Crippen molar-refractivity contribution in [3.8, 4) is 0 Å². The van der Waals surface area contributed by atoms with Crippen LogP contribution in [0.1, 0.15) is 0 Å². The van der Waals surface area contributed by atoms with E-state index in [2.05, 4.69) is 10.7 Å². The summed E-state index contributed by atoms with van der Waals surface area (Å²) in [6, 6.07) is 0. The van der Waals surface area contributed by atoms with E-state index in [9.17, 15) is 4.57 Å². The molecule has 0 amide bonds. The largest absolute Gasteiger partial charge is 0.419 e. The van der Waals surface area contributed by atoms with E-state index < -0.39 is 0 Å². The van der Waals surface area contributed by atoms with Gasteiger partial charge in [0.1, 0.15) is 6.26 Å². The highest BCUT2D eigenvalue weighted by atomic mass is 31.1. The molecule has 0 rings (SSSR count). The summed E-state index contributed by atoms with van der Waals surface area (Å²) in [7, 11) is -0.305. The highest BCUT2D eigenvalue weighted by molar-refractivity contribution is 7.23. The summed E-state index contributed by atoms with van der Waals surface area (Å²) in [5.74, 6) is 4.58. The van der Waals surface area contributed by atoms with Gasteiger partial charge >= 0.3 is 8.46 Å². The second-order valence-corrected chi connectivity index (χ2v) is 1.55. The minimum Gasteiger partial charge on any atom is -0.419 e. The monoisotopic (exact) mass is 120 g/mol. The Bertz CT molecular complexity index is 73.3. The van der Waals surface area contributed by atoms with Crippen LogP contribution in [0.3, 0.4) is 0 Å². The molecule has 0 bridgehead atoms. The van der Waals surface area contributed by atoms with Crippen LogP contribution >= 0.6 is 8.46 Å². The fourth-order valence-electron chi connectivity index (χ4n) is 0.152. The molecule has 1 atom stereocenters. The molecule has 0 aromatic heterocycles. The highest BCUT2D eigenvalue weighted by Crippen LogP contribution is 1.88. The van der Waals surface area contributed by atoms with Crippen molar-refractivity contribution >= 4 is 8.46 Å². The number of nitrogens with two attached hydrogens (primary N) is 1. The molecule has 0 aliphatic carbocycles. The maximum Gasteiger partial charge on any atom is 0.329 e. The van der Waals surface area contributed by atoms with Gasteiger partial charge in [-0.25, -0.2) is 0 Å². The van der Waals surface area contributed by atoms with E-state index in [0.717, 1.165) is 0 Å². The van der Waals surface area contributed by atoms with Crippen LogP contribution in [0.15, 0.2) is 12.3 Å². The van der Waals surface area contributed by atoms with Crippen molar-refractivity contribution in [2.75, 3.05) is 6.16 Å². The molecular formula is C3H7NO2P+. The number of rotatable bonds is 3. The smallest absolute Gasteiger partial charge is 0.329 e. The molecule has 3 nitrogen and oxygen atoms in total. The summed E-state index contributed by atoms with van der Waals surface area (Å²) in [4.78, 5) is 4.03. The Morgan fingerprint density at radius 2 is 2.57 bits per heavy atom. The molecule has 7 heavy (non-hydrogen) atoms. The molecule has 0 saturated carbocycles. The Kier molecular flexibility index (Phi) is 5.28. The highest BCUT2D eigenvalue weighted by Gasteiger charge is 1.78. The van der Waals surface area contributed by atoms with E-state index >= 15 is 0 Å². The third-order valence-corrected chi connectivity index (χ3v) is 0.778. The van der Waals surface area contributed by atoms with Crippen LogP contribution in [-0.4, -0.2) is 6.16 Å². The van der Waals surface area contributed by atoms with Gasteiger partial charge in [0.05, 0.1) is 0 Å². The van der Waals surface area contributed by atoms with Gasteiger partial charge in [-0.2, -0.15) is 5.90 Å². The summed E-state index contributed by atoms with van der Waals surface area (Å²) >= 11 is 0. The lowest BCUT2D eigenvalue weighted by atomic mass is 10.7. The minimum absolute atomic E-state index is 0.305. The SMILES string of the molecule is NOC=CC[PH+]=O. The first-order valence-electron chi connectivity index (χ1n) is 1.77. The van der Waals surface area contributed by atoms with Crippen LogP contribution in [0.2, 0.25) is 0 Å². The summed E-state index contributed by atoms with van der Waals surface area (Å²) in [6.45, 7) is 0. The van der Waals surface area contributed by atoms with Crippen LogP contribution in [0.25, 0.3) is 0 Å². The fraction of sp³-hybridized carbons (Fsp3) is 0.333. The Balaban J connectivity index is 2.92. The number of hydrogen-bond acceptors (Lipinski definition) is 3. The van der Waals surface area contributed by atoms with Gasteiger partial charge in [0, 0.05) is 6.08 Å². The maximum absolute atomic E-state index is 9.68. The first kappa shape index (κ1) is 6.60. The molecule has 2 N–H and O–H groups in total. The first-order valence-corrected chi connectivity index (χ1v) is 2.89. The molecule has 0 spiro atoms. The van der Waals surface area contributed by atoms with Crippen molar-refractivity contribution in [2.24, 2.45) is 5.90 Å². The van der Waals surface area contributed by atoms with Gasteiger partial charge in [-0.1, -0.05) is 4.57 Å². The predicted molar refractivity (Wildman–Crippen MR) is 28.3 cm³/mol. The van der Waals surface area contributed by atoms with Crippen LogP contribution < -0.4 is 5.90 Å². The zero-order chi connectivity index (χ0) is 5.54. The van der Waals surface area contributed by atoms with Gasteiger partial charge in [-0.15, -0.1) is 0 Å². The summed E-state index contributed by atoms with van der Waals surface area (Å²) in [5, 5.41) is 0. The lowest BCUT2D eigenvalue weighted by molar-refractivity contribution is 0.261.